The second kappa shape index (κ2) is 8.10. The number of rotatable bonds is 4. The van der Waals surface area contributed by atoms with Gasteiger partial charge in [-0.25, -0.2) is 9.97 Å². The van der Waals surface area contributed by atoms with Crippen LogP contribution in [0.25, 0.3) is 22.9 Å². The van der Waals surface area contributed by atoms with Gasteiger partial charge in [0, 0.05) is 11.8 Å². The number of nitrogens with one attached hydrogen (secondary N) is 1. The van der Waals surface area contributed by atoms with E-state index in [2.05, 4.69) is 21.4 Å². The molecule has 0 spiro atoms. The fraction of sp³-hybridized carbons (Fsp3) is 0.125. The number of allylic oxidation sites excluding steroid dienone is 1. The molecule has 0 aliphatic heterocycles. The maximum absolute atomic E-state index is 8.97. The largest absolute Gasteiger partial charge is 0.324 e. The lowest BCUT2D eigenvalue weighted by Gasteiger charge is -2.13. The smallest absolute Gasteiger partial charge is 0.229 e. The fourth-order valence-corrected chi connectivity index (χ4v) is 3.62. The molecular formula is C24H19N7. The Morgan fingerprint density at radius 3 is 2.35 bits per heavy atom. The molecular weight excluding hydrogens is 386 g/mol. The van der Waals surface area contributed by atoms with Gasteiger partial charge in [0.05, 0.1) is 29.1 Å². The molecule has 0 atom stereocenters. The summed E-state index contributed by atoms with van der Waals surface area (Å²) in [6, 6.07) is 15.3. The number of nitriles is 2. The Kier molecular flexibility index (Phi) is 5.17. The molecule has 0 aliphatic rings. The maximum Gasteiger partial charge on any atom is 0.229 e. The van der Waals surface area contributed by atoms with Crippen molar-refractivity contribution in [1.82, 2.24) is 19.5 Å². The molecule has 2 aromatic heterocycles. The van der Waals surface area contributed by atoms with Crippen LogP contribution in [0.3, 0.4) is 0 Å². The van der Waals surface area contributed by atoms with E-state index >= 15 is 0 Å². The number of fused-ring (bicyclic) bond motifs is 1. The summed E-state index contributed by atoms with van der Waals surface area (Å²) in [4.78, 5) is 13.8. The number of aromatic nitrogens is 4. The Balaban J connectivity index is 1.79. The van der Waals surface area contributed by atoms with Crippen LogP contribution in [0.1, 0.15) is 27.9 Å². The molecule has 0 saturated heterocycles. The highest BCUT2D eigenvalue weighted by Crippen LogP contribution is 2.27. The van der Waals surface area contributed by atoms with E-state index in [0.29, 0.717) is 17.2 Å². The van der Waals surface area contributed by atoms with Gasteiger partial charge in [0.1, 0.15) is 11.8 Å². The summed E-state index contributed by atoms with van der Waals surface area (Å²) in [5.41, 5.74) is 7.67. The first kappa shape index (κ1) is 19.8. The quantitative estimate of drug-likeness (QED) is 0.485. The van der Waals surface area contributed by atoms with Crippen molar-refractivity contribution in [2.24, 2.45) is 0 Å². The van der Waals surface area contributed by atoms with Crippen LogP contribution < -0.4 is 5.32 Å². The van der Waals surface area contributed by atoms with E-state index in [0.717, 1.165) is 39.3 Å². The summed E-state index contributed by atoms with van der Waals surface area (Å²) in [7, 11) is 0. The van der Waals surface area contributed by atoms with E-state index in [4.69, 9.17) is 15.5 Å². The zero-order valence-electron chi connectivity index (χ0n) is 17.4. The fourth-order valence-electron chi connectivity index (χ4n) is 3.62. The van der Waals surface area contributed by atoms with Crippen LogP contribution >= 0.6 is 0 Å². The highest BCUT2D eigenvalue weighted by Gasteiger charge is 2.15. The zero-order valence-corrected chi connectivity index (χ0v) is 17.4. The number of nitrogens with zero attached hydrogens (tertiary/aromatic N) is 6. The van der Waals surface area contributed by atoms with E-state index in [1.165, 1.54) is 6.08 Å². The molecule has 0 bridgehead atoms. The van der Waals surface area contributed by atoms with Crippen molar-refractivity contribution < 1.29 is 0 Å². The third-order valence-electron chi connectivity index (χ3n) is 4.95. The summed E-state index contributed by atoms with van der Waals surface area (Å²) in [5, 5.41) is 21.0. The SMILES string of the molecule is Cc1cc(/C=C/C#N)cc(C)c1-n1cnc2c(C)nc(Nc3ccc(C#N)cc3)nc21. The summed E-state index contributed by atoms with van der Waals surface area (Å²) < 4.78 is 1.97. The Bertz CT molecular complexity index is 1370. The average Bonchev–Trinajstić information content (AvgIpc) is 3.16. The lowest BCUT2D eigenvalue weighted by Crippen LogP contribution is -2.04. The molecule has 0 aliphatic carbocycles. The molecule has 7 heteroatoms. The molecule has 0 saturated carbocycles. The van der Waals surface area contributed by atoms with Crippen molar-refractivity contribution in [3.05, 3.63) is 76.7 Å². The first-order valence-electron chi connectivity index (χ1n) is 9.67. The van der Waals surface area contributed by atoms with Crippen LogP contribution in [-0.4, -0.2) is 19.5 Å². The molecule has 0 fully saturated rings. The van der Waals surface area contributed by atoms with Crippen LogP contribution in [0.2, 0.25) is 0 Å². The van der Waals surface area contributed by atoms with E-state index in [1.807, 2.05) is 55.7 Å². The molecule has 0 radical (unpaired) electrons. The lowest BCUT2D eigenvalue weighted by molar-refractivity contribution is 1.03. The minimum absolute atomic E-state index is 0.459. The first-order chi connectivity index (χ1) is 15.0. The van der Waals surface area contributed by atoms with Gasteiger partial charge in [0.25, 0.3) is 0 Å². The summed E-state index contributed by atoms with van der Waals surface area (Å²) in [6.07, 6.45) is 5.03. The third kappa shape index (κ3) is 3.85. The van der Waals surface area contributed by atoms with Crippen molar-refractivity contribution in [3.8, 4) is 17.8 Å². The lowest BCUT2D eigenvalue weighted by atomic mass is 10.0. The van der Waals surface area contributed by atoms with Gasteiger partial charge in [-0.3, -0.25) is 4.57 Å². The normalized spacial score (nSPS) is 10.9. The van der Waals surface area contributed by atoms with Gasteiger partial charge >= 0.3 is 0 Å². The second-order valence-corrected chi connectivity index (χ2v) is 7.20. The number of anilines is 2. The molecule has 7 nitrogen and oxygen atoms in total. The van der Waals surface area contributed by atoms with Crippen molar-refractivity contribution >= 4 is 28.9 Å². The minimum atomic E-state index is 0.459. The summed E-state index contributed by atoms with van der Waals surface area (Å²) in [6.45, 7) is 5.96. The number of hydrogen-bond donors (Lipinski definition) is 1. The molecule has 0 unspecified atom stereocenters. The van der Waals surface area contributed by atoms with Crippen molar-refractivity contribution in [2.75, 3.05) is 5.32 Å². The van der Waals surface area contributed by atoms with E-state index in [1.54, 1.807) is 24.5 Å². The maximum atomic E-state index is 8.97. The first-order valence-corrected chi connectivity index (χ1v) is 9.67. The van der Waals surface area contributed by atoms with Gasteiger partial charge in [0.2, 0.25) is 5.95 Å². The average molecular weight is 405 g/mol. The van der Waals surface area contributed by atoms with Crippen LogP contribution in [0.15, 0.2) is 48.8 Å². The predicted molar refractivity (Wildman–Crippen MR) is 120 cm³/mol. The van der Waals surface area contributed by atoms with Crippen molar-refractivity contribution in [1.29, 1.82) is 10.5 Å². The Morgan fingerprint density at radius 1 is 1.00 bits per heavy atom. The molecule has 1 N–H and O–H groups in total. The van der Waals surface area contributed by atoms with Crippen LogP contribution in [-0.2, 0) is 0 Å². The van der Waals surface area contributed by atoms with Gasteiger partial charge in [-0.1, -0.05) is 0 Å². The highest BCUT2D eigenvalue weighted by atomic mass is 15.2. The zero-order chi connectivity index (χ0) is 22.0. The molecule has 0 amide bonds. The molecule has 150 valence electrons. The van der Waals surface area contributed by atoms with Crippen LogP contribution in [0, 0.1) is 43.4 Å². The number of hydrogen-bond acceptors (Lipinski definition) is 6. The predicted octanol–water partition coefficient (Wildman–Crippen LogP) is 4.89. The van der Waals surface area contributed by atoms with Gasteiger partial charge in [0.15, 0.2) is 5.65 Å². The summed E-state index contributed by atoms with van der Waals surface area (Å²) >= 11 is 0. The number of aryl methyl sites for hydroxylation is 3. The monoisotopic (exact) mass is 405 g/mol. The van der Waals surface area contributed by atoms with E-state index < -0.39 is 0 Å². The molecule has 2 heterocycles. The molecule has 4 rings (SSSR count). The molecule has 2 aromatic carbocycles. The molecule has 4 aromatic rings. The topological polar surface area (TPSA) is 103 Å². The van der Waals surface area contributed by atoms with Crippen LogP contribution in [0.4, 0.5) is 11.6 Å². The van der Waals surface area contributed by atoms with Gasteiger partial charge in [-0.15, -0.1) is 0 Å². The Morgan fingerprint density at radius 2 is 1.71 bits per heavy atom. The van der Waals surface area contributed by atoms with E-state index in [-0.39, 0.29) is 0 Å². The van der Waals surface area contributed by atoms with E-state index in [9.17, 15) is 0 Å². The summed E-state index contributed by atoms with van der Waals surface area (Å²) in [5.74, 6) is 0.459. The third-order valence-corrected chi connectivity index (χ3v) is 4.95. The highest BCUT2D eigenvalue weighted by molar-refractivity contribution is 5.78. The Labute approximate surface area is 180 Å². The van der Waals surface area contributed by atoms with Crippen LogP contribution in [0.5, 0.6) is 0 Å². The minimum Gasteiger partial charge on any atom is -0.324 e. The van der Waals surface area contributed by atoms with Gasteiger partial charge in [-0.2, -0.15) is 15.5 Å². The molecule has 31 heavy (non-hydrogen) atoms. The van der Waals surface area contributed by atoms with Crippen molar-refractivity contribution in [2.45, 2.75) is 20.8 Å². The number of benzene rings is 2. The van der Waals surface area contributed by atoms with Gasteiger partial charge < -0.3 is 5.32 Å². The van der Waals surface area contributed by atoms with Gasteiger partial charge in [-0.05, 0) is 79.9 Å². The second-order valence-electron chi connectivity index (χ2n) is 7.20. The number of imidazole rings is 1. The van der Waals surface area contributed by atoms with Crippen molar-refractivity contribution in [3.63, 3.8) is 0 Å². The standard InChI is InChI=1S/C24H19N7/c1-15-11-19(5-4-10-25)12-16(2)22(15)31-14-27-21-17(3)28-24(30-23(21)31)29-20-8-6-18(13-26)7-9-20/h4-9,11-12,14H,1-3H3,(H,28,29,30)/b5-4+. The Hall–Kier alpha value is -4.49.